The number of hydrogen-bond donors (Lipinski definition) is 2. The monoisotopic (exact) mass is 255 g/mol. The normalized spacial score (nSPS) is 13.9. The Labute approximate surface area is 104 Å². The topological polar surface area (TPSA) is 110 Å². The number of carboxylic acid groups (broad SMARTS) is 1. The van der Waals surface area contributed by atoms with Gasteiger partial charge >= 0.3 is 5.97 Å². The van der Waals surface area contributed by atoms with E-state index in [0.29, 0.717) is 12.2 Å². The highest BCUT2D eigenvalue weighted by atomic mass is 16.4. The van der Waals surface area contributed by atoms with E-state index in [1.165, 1.54) is 4.68 Å². The van der Waals surface area contributed by atoms with Crippen molar-refractivity contribution in [3.05, 3.63) is 5.82 Å². The number of aromatic nitrogens is 4. The van der Waals surface area contributed by atoms with Crippen LogP contribution < -0.4 is 5.32 Å². The third kappa shape index (κ3) is 3.51. The Bertz CT molecular complexity index is 431. The molecule has 0 fully saturated rings. The van der Waals surface area contributed by atoms with Gasteiger partial charge < -0.3 is 10.4 Å². The third-order valence-corrected chi connectivity index (χ3v) is 2.82. The SMILES string of the molecule is CCC(C)C(NC(=O)Cc1nnnn1C)C(=O)O. The number of aryl methyl sites for hydroxylation is 1. The molecule has 0 saturated heterocycles. The number of tetrazole rings is 1. The van der Waals surface area contributed by atoms with E-state index in [1.807, 2.05) is 6.92 Å². The van der Waals surface area contributed by atoms with Gasteiger partial charge in [0.25, 0.3) is 0 Å². The molecule has 8 nitrogen and oxygen atoms in total. The molecule has 0 aliphatic rings. The highest BCUT2D eigenvalue weighted by Crippen LogP contribution is 2.08. The van der Waals surface area contributed by atoms with E-state index in [0.717, 1.165) is 0 Å². The molecule has 2 unspecified atom stereocenters. The fourth-order valence-electron chi connectivity index (χ4n) is 1.45. The highest BCUT2D eigenvalue weighted by molar-refractivity contribution is 5.84. The lowest BCUT2D eigenvalue weighted by molar-refractivity contribution is -0.143. The zero-order chi connectivity index (χ0) is 13.7. The van der Waals surface area contributed by atoms with E-state index >= 15 is 0 Å². The maximum atomic E-state index is 11.7. The number of hydrogen-bond acceptors (Lipinski definition) is 5. The first-order chi connectivity index (χ1) is 8.45. The van der Waals surface area contributed by atoms with Crippen molar-refractivity contribution in [3.8, 4) is 0 Å². The van der Waals surface area contributed by atoms with Crippen LogP contribution in [0, 0.1) is 5.92 Å². The molecule has 0 saturated carbocycles. The summed E-state index contributed by atoms with van der Waals surface area (Å²) in [7, 11) is 1.62. The Morgan fingerprint density at radius 2 is 2.17 bits per heavy atom. The van der Waals surface area contributed by atoms with Crippen molar-refractivity contribution in [1.29, 1.82) is 0 Å². The van der Waals surface area contributed by atoms with Crippen LogP contribution in [0.2, 0.25) is 0 Å². The number of amides is 1. The number of aliphatic carboxylic acids is 1. The fourth-order valence-corrected chi connectivity index (χ4v) is 1.45. The first-order valence-electron chi connectivity index (χ1n) is 5.69. The van der Waals surface area contributed by atoms with Gasteiger partial charge in [-0.25, -0.2) is 9.48 Å². The molecule has 1 aromatic heterocycles. The molecule has 1 aromatic rings. The van der Waals surface area contributed by atoms with Gasteiger partial charge in [0, 0.05) is 7.05 Å². The van der Waals surface area contributed by atoms with Gasteiger partial charge in [-0.1, -0.05) is 20.3 Å². The van der Waals surface area contributed by atoms with E-state index in [4.69, 9.17) is 5.11 Å². The highest BCUT2D eigenvalue weighted by Gasteiger charge is 2.25. The van der Waals surface area contributed by atoms with Crippen LogP contribution in [0.4, 0.5) is 0 Å². The minimum absolute atomic E-state index is 0.0380. The van der Waals surface area contributed by atoms with E-state index < -0.39 is 17.9 Å². The molecule has 0 aliphatic heterocycles. The molecule has 8 heteroatoms. The van der Waals surface area contributed by atoms with Crippen LogP contribution in [0.1, 0.15) is 26.1 Å². The van der Waals surface area contributed by atoms with Gasteiger partial charge in [-0.05, 0) is 16.3 Å². The quantitative estimate of drug-likeness (QED) is 0.700. The van der Waals surface area contributed by atoms with E-state index in [1.54, 1.807) is 14.0 Å². The second-order valence-electron chi connectivity index (χ2n) is 4.16. The maximum absolute atomic E-state index is 11.7. The van der Waals surface area contributed by atoms with E-state index in [9.17, 15) is 9.59 Å². The number of carboxylic acids is 1. The molecule has 1 heterocycles. The lowest BCUT2D eigenvalue weighted by atomic mass is 9.99. The van der Waals surface area contributed by atoms with Crippen LogP contribution in [0.15, 0.2) is 0 Å². The molecule has 1 amide bonds. The largest absolute Gasteiger partial charge is 0.480 e. The van der Waals surface area contributed by atoms with Crippen molar-refractivity contribution >= 4 is 11.9 Å². The first kappa shape index (κ1) is 14.1. The van der Waals surface area contributed by atoms with Crippen molar-refractivity contribution in [1.82, 2.24) is 25.5 Å². The first-order valence-corrected chi connectivity index (χ1v) is 5.69. The molecule has 1 rings (SSSR count). The summed E-state index contributed by atoms with van der Waals surface area (Å²) in [5.74, 6) is -1.18. The van der Waals surface area contributed by atoms with Crippen molar-refractivity contribution in [2.45, 2.75) is 32.7 Å². The molecular formula is C10H17N5O3. The van der Waals surface area contributed by atoms with Crippen LogP contribution in [0.3, 0.4) is 0 Å². The third-order valence-electron chi connectivity index (χ3n) is 2.82. The summed E-state index contributed by atoms with van der Waals surface area (Å²) < 4.78 is 1.37. The molecule has 2 atom stereocenters. The second-order valence-corrected chi connectivity index (χ2v) is 4.16. The van der Waals surface area contributed by atoms with Crippen molar-refractivity contribution < 1.29 is 14.7 Å². The maximum Gasteiger partial charge on any atom is 0.326 e. The van der Waals surface area contributed by atoms with Gasteiger partial charge in [0.05, 0.1) is 6.42 Å². The number of carbonyl (C=O) groups is 2. The Balaban J connectivity index is 2.62. The lowest BCUT2D eigenvalue weighted by Gasteiger charge is -2.19. The Morgan fingerprint density at radius 3 is 2.61 bits per heavy atom. The van der Waals surface area contributed by atoms with E-state index in [2.05, 4.69) is 20.8 Å². The smallest absolute Gasteiger partial charge is 0.326 e. The predicted octanol–water partition coefficient (Wildman–Crippen LogP) is -0.632. The zero-order valence-electron chi connectivity index (χ0n) is 10.6. The Kier molecular flexibility index (Phi) is 4.75. The van der Waals surface area contributed by atoms with Gasteiger partial charge in [-0.15, -0.1) is 5.10 Å². The minimum atomic E-state index is -1.03. The number of rotatable bonds is 6. The van der Waals surface area contributed by atoms with Crippen molar-refractivity contribution in [2.24, 2.45) is 13.0 Å². The minimum Gasteiger partial charge on any atom is -0.480 e. The molecule has 0 bridgehead atoms. The average molecular weight is 255 g/mol. The van der Waals surface area contributed by atoms with Crippen molar-refractivity contribution in [2.75, 3.05) is 0 Å². The summed E-state index contributed by atoms with van der Waals surface area (Å²) in [4.78, 5) is 22.8. The molecule has 2 N–H and O–H groups in total. The molecule has 100 valence electrons. The Hall–Kier alpha value is -1.99. The van der Waals surface area contributed by atoms with Gasteiger partial charge in [-0.2, -0.15) is 0 Å². The molecular weight excluding hydrogens is 238 g/mol. The van der Waals surface area contributed by atoms with Gasteiger partial charge in [-0.3, -0.25) is 4.79 Å². The van der Waals surface area contributed by atoms with Crippen LogP contribution in [-0.2, 0) is 23.1 Å². The molecule has 0 spiro atoms. The zero-order valence-corrected chi connectivity index (χ0v) is 10.6. The van der Waals surface area contributed by atoms with E-state index in [-0.39, 0.29) is 12.3 Å². The summed E-state index contributed by atoms with van der Waals surface area (Å²) in [6.45, 7) is 3.66. The van der Waals surface area contributed by atoms with Gasteiger partial charge in [0.15, 0.2) is 5.82 Å². The Morgan fingerprint density at radius 1 is 1.50 bits per heavy atom. The molecule has 0 radical (unpaired) electrons. The lowest BCUT2D eigenvalue weighted by Crippen LogP contribution is -2.45. The molecule has 0 aliphatic carbocycles. The second kappa shape index (κ2) is 6.08. The summed E-state index contributed by atoms with van der Waals surface area (Å²) in [6, 6.07) is -0.885. The van der Waals surface area contributed by atoms with Crippen LogP contribution in [0.25, 0.3) is 0 Å². The van der Waals surface area contributed by atoms with Crippen molar-refractivity contribution in [3.63, 3.8) is 0 Å². The van der Waals surface area contributed by atoms with Crippen LogP contribution in [0.5, 0.6) is 0 Å². The molecule has 0 aromatic carbocycles. The van der Waals surface area contributed by atoms with Crippen LogP contribution >= 0.6 is 0 Å². The summed E-state index contributed by atoms with van der Waals surface area (Å²) in [5, 5.41) is 22.2. The number of carbonyl (C=O) groups excluding carboxylic acids is 1. The average Bonchev–Trinajstić information content (AvgIpc) is 2.70. The number of nitrogens with one attached hydrogen (secondary N) is 1. The van der Waals surface area contributed by atoms with Gasteiger partial charge in [0.1, 0.15) is 6.04 Å². The summed E-state index contributed by atoms with van der Waals surface area (Å²) in [5.41, 5.74) is 0. The molecule has 18 heavy (non-hydrogen) atoms. The summed E-state index contributed by atoms with van der Waals surface area (Å²) >= 11 is 0. The predicted molar refractivity (Wildman–Crippen MR) is 61.5 cm³/mol. The van der Waals surface area contributed by atoms with Crippen LogP contribution in [-0.4, -0.2) is 43.2 Å². The van der Waals surface area contributed by atoms with Gasteiger partial charge in [0.2, 0.25) is 5.91 Å². The summed E-state index contributed by atoms with van der Waals surface area (Å²) in [6.07, 6.45) is 0.631. The standard InChI is InChI=1S/C10H17N5O3/c1-4-6(2)9(10(17)18)11-8(16)5-7-12-13-14-15(7)3/h6,9H,4-5H2,1-3H3,(H,11,16)(H,17,18). The number of nitrogens with zero attached hydrogens (tertiary/aromatic N) is 4. The fraction of sp³-hybridized carbons (Fsp3) is 0.700.